The van der Waals surface area contributed by atoms with Crippen LogP contribution in [0, 0.1) is 11.3 Å². The van der Waals surface area contributed by atoms with E-state index in [1.165, 1.54) is 12.3 Å². The summed E-state index contributed by atoms with van der Waals surface area (Å²) in [5.41, 5.74) is 1.13. The third kappa shape index (κ3) is 4.03. The fourth-order valence-corrected chi connectivity index (χ4v) is 1.82. The van der Waals surface area contributed by atoms with Crippen molar-refractivity contribution in [2.75, 3.05) is 17.2 Å². The van der Waals surface area contributed by atoms with Crippen LogP contribution in [-0.4, -0.2) is 22.4 Å². The minimum absolute atomic E-state index is 0.252. The average molecular weight is 295 g/mol. The zero-order valence-corrected chi connectivity index (χ0v) is 12.3. The topological polar surface area (TPSA) is 90.7 Å². The maximum absolute atomic E-state index is 12.2. The van der Waals surface area contributed by atoms with Gasteiger partial charge in [0.1, 0.15) is 11.8 Å². The Balaban J connectivity index is 2.09. The van der Waals surface area contributed by atoms with Crippen LogP contribution in [0.25, 0.3) is 0 Å². The molecular weight excluding hydrogens is 278 g/mol. The van der Waals surface area contributed by atoms with Crippen molar-refractivity contribution < 1.29 is 4.79 Å². The molecule has 1 aromatic carbocycles. The Morgan fingerprint density at radius 3 is 2.91 bits per heavy atom. The van der Waals surface area contributed by atoms with Crippen molar-refractivity contribution in [3.8, 4) is 6.07 Å². The van der Waals surface area contributed by atoms with Crippen molar-refractivity contribution in [3.63, 3.8) is 0 Å². The zero-order valence-electron chi connectivity index (χ0n) is 12.3. The molecule has 0 spiro atoms. The lowest BCUT2D eigenvalue weighted by atomic mass is 10.2. The second-order valence-corrected chi connectivity index (χ2v) is 4.66. The summed E-state index contributed by atoms with van der Waals surface area (Å²) < 4.78 is 0. The quantitative estimate of drug-likeness (QED) is 0.800. The summed E-state index contributed by atoms with van der Waals surface area (Å²) in [6, 6.07) is 10.4. The molecule has 0 aliphatic rings. The van der Waals surface area contributed by atoms with Crippen molar-refractivity contribution in [2.45, 2.75) is 19.8 Å². The van der Waals surface area contributed by atoms with E-state index < -0.39 is 0 Å². The molecule has 0 aliphatic heterocycles. The normalized spacial score (nSPS) is 9.82. The van der Waals surface area contributed by atoms with Crippen LogP contribution in [0.3, 0.4) is 0 Å². The second-order valence-electron chi connectivity index (χ2n) is 4.66. The third-order valence-corrected chi connectivity index (χ3v) is 3.00. The number of carbonyl (C=O) groups excluding carboxylic acids is 1. The first-order valence-electron chi connectivity index (χ1n) is 7.12. The van der Waals surface area contributed by atoms with Crippen molar-refractivity contribution in [2.24, 2.45) is 0 Å². The number of amides is 1. The van der Waals surface area contributed by atoms with E-state index in [-0.39, 0.29) is 11.6 Å². The van der Waals surface area contributed by atoms with E-state index >= 15 is 0 Å². The first-order chi connectivity index (χ1) is 10.7. The molecule has 2 aromatic rings. The van der Waals surface area contributed by atoms with E-state index in [0.29, 0.717) is 17.2 Å². The number of unbranched alkanes of at least 4 members (excludes halogenated alkanes) is 1. The third-order valence-electron chi connectivity index (χ3n) is 3.00. The van der Waals surface area contributed by atoms with Crippen LogP contribution in [0.5, 0.6) is 0 Å². The largest absolute Gasteiger partial charge is 0.354 e. The Kier molecular flexibility index (Phi) is 5.44. The maximum atomic E-state index is 12.2. The molecule has 0 bridgehead atoms. The molecule has 112 valence electrons. The number of anilines is 2. The highest BCUT2D eigenvalue weighted by atomic mass is 16.1. The molecule has 0 fully saturated rings. The van der Waals surface area contributed by atoms with Gasteiger partial charge in [-0.1, -0.05) is 25.5 Å². The number of hydrogen-bond acceptors (Lipinski definition) is 5. The van der Waals surface area contributed by atoms with Gasteiger partial charge in [-0.25, -0.2) is 9.97 Å². The number of nitrogens with one attached hydrogen (secondary N) is 2. The number of hydrogen-bond donors (Lipinski definition) is 2. The average Bonchev–Trinajstić information content (AvgIpc) is 2.56. The highest BCUT2D eigenvalue weighted by Crippen LogP contribution is 2.14. The Morgan fingerprint density at radius 2 is 2.14 bits per heavy atom. The van der Waals surface area contributed by atoms with E-state index in [4.69, 9.17) is 5.26 Å². The molecule has 0 saturated heterocycles. The predicted octanol–water partition coefficient (Wildman–Crippen LogP) is 2.81. The summed E-state index contributed by atoms with van der Waals surface area (Å²) >= 11 is 0. The lowest BCUT2D eigenvalue weighted by Gasteiger charge is -2.08. The van der Waals surface area contributed by atoms with Crippen LogP contribution in [0.15, 0.2) is 36.5 Å². The number of nitriles is 1. The first-order valence-corrected chi connectivity index (χ1v) is 7.12. The number of para-hydroxylation sites is 1. The molecule has 2 N–H and O–H groups in total. The van der Waals surface area contributed by atoms with Crippen LogP contribution in [0.1, 0.15) is 35.8 Å². The minimum Gasteiger partial charge on any atom is -0.354 e. The lowest BCUT2D eigenvalue weighted by molar-refractivity contribution is 0.102. The molecule has 0 atom stereocenters. The smallest absolute Gasteiger partial charge is 0.274 e. The van der Waals surface area contributed by atoms with Gasteiger partial charge in [0.25, 0.3) is 5.91 Å². The maximum Gasteiger partial charge on any atom is 0.274 e. The molecule has 1 heterocycles. The Hall–Kier alpha value is -2.94. The molecular formula is C16H17N5O. The van der Waals surface area contributed by atoms with E-state index in [0.717, 1.165) is 19.4 Å². The van der Waals surface area contributed by atoms with Crippen LogP contribution in [0.2, 0.25) is 0 Å². The van der Waals surface area contributed by atoms with Crippen LogP contribution >= 0.6 is 0 Å². The fourth-order valence-electron chi connectivity index (χ4n) is 1.82. The number of rotatable bonds is 6. The van der Waals surface area contributed by atoms with E-state index in [1.807, 2.05) is 6.07 Å². The van der Waals surface area contributed by atoms with Crippen molar-refractivity contribution >= 4 is 17.5 Å². The molecule has 0 saturated carbocycles. The van der Waals surface area contributed by atoms with Gasteiger partial charge in [-0.15, -0.1) is 0 Å². The molecule has 0 unspecified atom stereocenters. The summed E-state index contributed by atoms with van der Waals surface area (Å²) in [5, 5.41) is 14.8. The van der Waals surface area contributed by atoms with Crippen molar-refractivity contribution in [3.05, 3.63) is 47.8 Å². The van der Waals surface area contributed by atoms with E-state index in [1.54, 1.807) is 24.3 Å². The van der Waals surface area contributed by atoms with Gasteiger partial charge in [0.2, 0.25) is 5.95 Å². The molecule has 22 heavy (non-hydrogen) atoms. The van der Waals surface area contributed by atoms with E-state index in [9.17, 15) is 4.79 Å². The van der Waals surface area contributed by atoms with Crippen molar-refractivity contribution in [1.82, 2.24) is 9.97 Å². The molecule has 6 heteroatoms. The van der Waals surface area contributed by atoms with Crippen LogP contribution < -0.4 is 10.6 Å². The van der Waals surface area contributed by atoms with Crippen LogP contribution in [0.4, 0.5) is 11.6 Å². The number of benzene rings is 1. The first kappa shape index (κ1) is 15.4. The Labute approximate surface area is 129 Å². The van der Waals surface area contributed by atoms with Gasteiger partial charge >= 0.3 is 0 Å². The van der Waals surface area contributed by atoms with Gasteiger partial charge < -0.3 is 10.6 Å². The standard InChI is InChI=1S/C16H17N5O/c1-2-3-9-18-16-19-10-8-14(21-16)15(22)20-13-7-5-4-6-12(13)11-17/h4-8,10H,2-3,9H2,1H3,(H,20,22)(H,18,19,21). The summed E-state index contributed by atoms with van der Waals surface area (Å²) in [5.74, 6) is 0.0540. The monoisotopic (exact) mass is 295 g/mol. The molecule has 0 aliphatic carbocycles. The van der Waals surface area contributed by atoms with Gasteiger partial charge in [-0.2, -0.15) is 5.26 Å². The zero-order chi connectivity index (χ0) is 15.8. The number of nitrogens with zero attached hydrogens (tertiary/aromatic N) is 3. The molecule has 1 aromatic heterocycles. The second kappa shape index (κ2) is 7.74. The van der Waals surface area contributed by atoms with Crippen LogP contribution in [-0.2, 0) is 0 Å². The summed E-state index contributed by atoms with van der Waals surface area (Å²) in [6.07, 6.45) is 3.61. The highest BCUT2D eigenvalue weighted by Gasteiger charge is 2.11. The molecule has 0 radical (unpaired) electrons. The van der Waals surface area contributed by atoms with Gasteiger partial charge in [0.15, 0.2) is 0 Å². The molecule has 2 rings (SSSR count). The summed E-state index contributed by atoms with van der Waals surface area (Å²) in [4.78, 5) is 20.5. The van der Waals surface area contributed by atoms with Gasteiger partial charge in [-0.3, -0.25) is 4.79 Å². The Morgan fingerprint density at radius 1 is 1.32 bits per heavy atom. The highest BCUT2D eigenvalue weighted by molar-refractivity contribution is 6.03. The van der Waals surface area contributed by atoms with Gasteiger partial charge in [-0.05, 0) is 24.6 Å². The minimum atomic E-state index is -0.372. The number of aromatic nitrogens is 2. The summed E-state index contributed by atoms with van der Waals surface area (Å²) in [6.45, 7) is 2.86. The lowest BCUT2D eigenvalue weighted by Crippen LogP contribution is -2.16. The SMILES string of the molecule is CCCCNc1nccc(C(=O)Nc2ccccc2C#N)n1. The fraction of sp³-hybridized carbons (Fsp3) is 0.250. The molecule has 6 nitrogen and oxygen atoms in total. The summed E-state index contributed by atoms with van der Waals surface area (Å²) in [7, 11) is 0. The van der Waals surface area contributed by atoms with E-state index in [2.05, 4.69) is 27.5 Å². The van der Waals surface area contributed by atoms with Gasteiger partial charge in [0, 0.05) is 12.7 Å². The molecule has 1 amide bonds. The predicted molar refractivity (Wildman–Crippen MR) is 84.5 cm³/mol. The Bertz CT molecular complexity index is 693. The van der Waals surface area contributed by atoms with Gasteiger partial charge in [0.05, 0.1) is 11.3 Å². The number of carbonyl (C=O) groups is 1. The van der Waals surface area contributed by atoms with Crippen molar-refractivity contribution in [1.29, 1.82) is 5.26 Å².